The molecule has 0 radical (unpaired) electrons. The summed E-state index contributed by atoms with van der Waals surface area (Å²) in [5.41, 5.74) is 1.07. The van der Waals surface area contributed by atoms with Gasteiger partial charge in [-0.3, -0.25) is 4.79 Å². The van der Waals surface area contributed by atoms with Crippen molar-refractivity contribution in [2.24, 2.45) is 4.99 Å². The fraction of sp³-hybridized carbons (Fsp3) is 0.444. The van der Waals surface area contributed by atoms with Crippen LogP contribution in [0.1, 0.15) is 31.9 Å². The number of alkyl carbamates (subject to hydrolysis) is 1. The number of benzene rings is 2. The minimum Gasteiger partial charge on any atom is -0.497 e. The number of ether oxygens (including phenoxy) is 2. The number of nitrogens with zero attached hydrogens (tertiary/aromatic N) is 2. The summed E-state index contributed by atoms with van der Waals surface area (Å²) in [7, 11) is -1.59. The molecule has 2 amide bonds. The van der Waals surface area contributed by atoms with E-state index in [1.165, 1.54) is 11.8 Å². The molecule has 0 aliphatic carbocycles. The van der Waals surface area contributed by atoms with E-state index >= 15 is 0 Å². The van der Waals surface area contributed by atoms with Gasteiger partial charge >= 0.3 is 6.09 Å². The largest absolute Gasteiger partial charge is 0.497 e. The van der Waals surface area contributed by atoms with E-state index in [-0.39, 0.29) is 29.2 Å². The molecule has 2 aliphatic rings. The lowest BCUT2D eigenvalue weighted by Crippen LogP contribution is -2.45. The first-order valence-electron chi connectivity index (χ1n) is 12.3. The minimum absolute atomic E-state index is 0.0115. The number of rotatable bonds is 7. The van der Waals surface area contributed by atoms with Crippen LogP contribution in [0.4, 0.5) is 4.79 Å². The SMILES string of the molecule is COc1ccc(CN2C(=NC(=O)[C@H](Cc3ccccc3)NC(=O)OC(C)(C)C)S[C@@H]3CS(=O)(=O)C[C@H]32)cc1. The zero-order valence-corrected chi connectivity index (χ0v) is 23.6. The molecule has 0 unspecified atom stereocenters. The molecule has 1 N–H and O–H groups in total. The third kappa shape index (κ3) is 7.28. The Balaban J connectivity index is 1.60. The van der Waals surface area contributed by atoms with Crippen LogP contribution in [0.15, 0.2) is 59.6 Å². The lowest BCUT2D eigenvalue weighted by atomic mass is 10.1. The van der Waals surface area contributed by atoms with Crippen LogP contribution in [0.25, 0.3) is 0 Å². The van der Waals surface area contributed by atoms with E-state index < -0.39 is 33.5 Å². The molecule has 2 fully saturated rings. The summed E-state index contributed by atoms with van der Waals surface area (Å²) in [5.74, 6) is 0.243. The van der Waals surface area contributed by atoms with Gasteiger partial charge in [-0.15, -0.1) is 0 Å². The zero-order valence-electron chi connectivity index (χ0n) is 21.9. The fourth-order valence-corrected chi connectivity index (χ4v) is 8.38. The zero-order chi connectivity index (χ0) is 27.5. The summed E-state index contributed by atoms with van der Waals surface area (Å²) >= 11 is 1.31. The number of hydrogen-bond donors (Lipinski definition) is 1. The van der Waals surface area contributed by atoms with Gasteiger partial charge in [0.15, 0.2) is 15.0 Å². The highest BCUT2D eigenvalue weighted by Gasteiger charge is 2.49. The van der Waals surface area contributed by atoms with Gasteiger partial charge in [0.2, 0.25) is 0 Å². The van der Waals surface area contributed by atoms with Crippen LogP contribution in [0.2, 0.25) is 0 Å². The maximum atomic E-state index is 13.5. The number of amides is 2. The summed E-state index contributed by atoms with van der Waals surface area (Å²) < 4.78 is 35.4. The average Bonchev–Trinajstić information content (AvgIpc) is 3.30. The van der Waals surface area contributed by atoms with Crippen LogP contribution in [0, 0.1) is 0 Å². The van der Waals surface area contributed by atoms with Crippen LogP contribution < -0.4 is 10.1 Å². The molecule has 9 nitrogen and oxygen atoms in total. The standard InChI is InChI=1S/C27H33N3O6S2/c1-27(2,3)36-26(32)28-21(14-18-8-6-5-7-9-18)24(31)29-25-30(15-19-10-12-20(35-4)13-11-19)22-16-38(33,34)17-23(22)37-25/h5-13,21-23H,14-17H2,1-4H3,(H,28,32)/t21-,22+,23+/m0/s1. The van der Waals surface area contributed by atoms with Crippen LogP contribution >= 0.6 is 11.8 Å². The predicted molar refractivity (Wildman–Crippen MR) is 148 cm³/mol. The van der Waals surface area contributed by atoms with Gasteiger partial charge in [0.25, 0.3) is 5.91 Å². The molecule has 2 saturated heterocycles. The van der Waals surface area contributed by atoms with Crippen molar-refractivity contribution in [1.29, 1.82) is 0 Å². The predicted octanol–water partition coefficient (Wildman–Crippen LogP) is 3.43. The second-order valence-electron chi connectivity index (χ2n) is 10.4. The van der Waals surface area contributed by atoms with Crippen LogP contribution in [0.5, 0.6) is 5.75 Å². The number of nitrogens with one attached hydrogen (secondary N) is 1. The molecule has 2 aromatic rings. The molecule has 38 heavy (non-hydrogen) atoms. The number of hydrogen-bond acceptors (Lipinski definition) is 7. The molecule has 0 saturated carbocycles. The molecule has 0 aromatic heterocycles. The van der Waals surface area contributed by atoms with Gasteiger partial charge in [-0.05, 0) is 44.0 Å². The van der Waals surface area contributed by atoms with Gasteiger partial charge in [-0.2, -0.15) is 4.99 Å². The number of amidine groups is 1. The monoisotopic (exact) mass is 559 g/mol. The van der Waals surface area contributed by atoms with Gasteiger partial charge in [-0.1, -0.05) is 54.2 Å². The Kier molecular flexibility index (Phi) is 8.37. The third-order valence-electron chi connectivity index (χ3n) is 6.16. The number of fused-ring (bicyclic) bond motifs is 1. The van der Waals surface area contributed by atoms with Gasteiger partial charge in [-0.25, -0.2) is 13.2 Å². The van der Waals surface area contributed by atoms with Crippen molar-refractivity contribution in [1.82, 2.24) is 10.2 Å². The Labute approximate surface area is 227 Å². The van der Waals surface area contributed by atoms with Crippen molar-refractivity contribution >= 4 is 38.8 Å². The normalized spacial score (nSPS) is 22.1. The molecular weight excluding hydrogens is 526 g/mol. The van der Waals surface area contributed by atoms with Crippen molar-refractivity contribution in [2.75, 3.05) is 18.6 Å². The summed E-state index contributed by atoms with van der Waals surface area (Å²) in [6.45, 7) is 5.64. The maximum absolute atomic E-state index is 13.5. The molecule has 2 aliphatic heterocycles. The van der Waals surface area contributed by atoms with Crippen molar-refractivity contribution < 1.29 is 27.5 Å². The third-order valence-corrected chi connectivity index (χ3v) is 9.41. The topological polar surface area (TPSA) is 114 Å². The Morgan fingerprint density at radius 2 is 1.76 bits per heavy atom. The second kappa shape index (κ2) is 11.4. The number of thioether (sulfide) groups is 1. The van der Waals surface area contributed by atoms with E-state index in [1.54, 1.807) is 27.9 Å². The first-order chi connectivity index (χ1) is 17.9. The lowest BCUT2D eigenvalue weighted by Gasteiger charge is -2.25. The number of methoxy groups -OCH3 is 1. The highest BCUT2D eigenvalue weighted by atomic mass is 32.2. The maximum Gasteiger partial charge on any atom is 0.408 e. The van der Waals surface area contributed by atoms with Crippen LogP contribution in [-0.4, -0.2) is 72.0 Å². The van der Waals surface area contributed by atoms with Crippen molar-refractivity contribution in [3.05, 3.63) is 65.7 Å². The lowest BCUT2D eigenvalue weighted by molar-refractivity contribution is -0.119. The van der Waals surface area contributed by atoms with Gasteiger partial charge in [0.1, 0.15) is 17.4 Å². The molecule has 3 atom stereocenters. The highest BCUT2D eigenvalue weighted by Crippen LogP contribution is 2.39. The Bertz CT molecular complexity index is 1290. The second-order valence-corrected chi connectivity index (χ2v) is 13.8. The molecular formula is C27H33N3O6S2. The van der Waals surface area contributed by atoms with Gasteiger partial charge < -0.3 is 19.7 Å². The minimum atomic E-state index is -3.18. The van der Waals surface area contributed by atoms with Gasteiger partial charge in [0.05, 0.1) is 24.7 Å². The number of carbonyl (C=O) groups is 2. The summed E-state index contributed by atoms with van der Waals surface area (Å²) in [4.78, 5) is 32.4. The van der Waals surface area contributed by atoms with E-state index in [4.69, 9.17) is 9.47 Å². The molecule has 204 valence electrons. The Morgan fingerprint density at radius 1 is 1.08 bits per heavy atom. The van der Waals surface area contributed by atoms with Crippen molar-refractivity contribution in [2.45, 2.75) is 56.7 Å². The Morgan fingerprint density at radius 3 is 2.39 bits per heavy atom. The van der Waals surface area contributed by atoms with Gasteiger partial charge in [0, 0.05) is 18.2 Å². The first kappa shape index (κ1) is 28.0. The molecule has 0 bridgehead atoms. The molecule has 0 spiro atoms. The molecule has 2 aromatic carbocycles. The van der Waals surface area contributed by atoms with E-state index in [0.717, 1.165) is 11.1 Å². The summed E-state index contributed by atoms with van der Waals surface area (Å²) in [6, 6.07) is 15.6. The van der Waals surface area contributed by atoms with Crippen molar-refractivity contribution in [3.8, 4) is 5.75 Å². The van der Waals surface area contributed by atoms with E-state index in [0.29, 0.717) is 17.5 Å². The highest BCUT2D eigenvalue weighted by molar-refractivity contribution is 8.15. The molecule has 2 heterocycles. The smallest absolute Gasteiger partial charge is 0.408 e. The van der Waals surface area contributed by atoms with Crippen LogP contribution in [0.3, 0.4) is 0 Å². The molecule has 4 rings (SSSR count). The van der Waals surface area contributed by atoms with E-state index in [1.807, 2.05) is 59.5 Å². The average molecular weight is 560 g/mol. The van der Waals surface area contributed by atoms with E-state index in [9.17, 15) is 18.0 Å². The summed E-state index contributed by atoms with van der Waals surface area (Å²) in [6.07, 6.45) is -0.468. The number of aliphatic imine (C=N–C) groups is 1. The van der Waals surface area contributed by atoms with Crippen LogP contribution in [-0.2, 0) is 32.3 Å². The number of sulfone groups is 1. The molecule has 11 heteroatoms. The quantitative estimate of drug-likeness (QED) is 0.549. The van der Waals surface area contributed by atoms with Crippen molar-refractivity contribution in [3.63, 3.8) is 0 Å². The fourth-order valence-electron chi connectivity index (χ4n) is 4.42. The first-order valence-corrected chi connectivity index (χ1v) is 15.1. The number of carbonyl (C=O) groups excluding carboxylic acids is 2. The van der Waals surface area contributed by atoms with E-state index in [2.05, 4.69) is 10.3 Å². The Hall–Kier alpha value is -3.05. The summed E-state index contributed by atoms with van der Waals surface area (Å²) in [5, 5.41) is 2.93.